The fraction of sp³-hybridized carbons (Fsp3) is 0.667. The molecule has 0 spiro atoms. The highest BCUT2D eigenvalue weighted by Gasteiger charge is 2.45. The summed E-state index contributed by atoms with van der Waals surface area (Å²) in [5.41, 5.74) is 0.811. The lowest BCUT2D eigenvalue weighted by molar-refractivity contribution is -0.123. The van der Waals surface area contributed by atoms with Crippen molar-refractivity contribution in [2.24, 2.45) is 0 Å². The Kier molecular flexibility index (Phi) is 9.42. The van der Waals surface area contributed by atoms with E-state index in [1.165, 1.54) is 16.9 Å². The number of carbonyl (C=O) groups excluding carboxylic acids is 2. The lowest BCUT2D eigenvalue weighted by atomic mass is 10.1. The van der Waals surface area contributed by atoms with Crippen LogP contribution in [0.1, 0.15) is 36.0 Å². The van der Waals surface area contributed by atoms with Crippen molar-refractivity contribution in [2.75, 3.05) is 43.8 Å². The van der Waals surface area contributed by atoms with Crippen LogP contribution in [0.2, 0.25) is 25.7 Å². The van der Waals surface area contributed by atoms with Crippen LogP contribution in [0.3, 0.4) is 0 Å². The molecule has 2 heterocycles. The molecule has 8 nitrogen and oxygen atoms in total. The van der Waals surface area contributed by atoms with E-state index in [0.717, 1.165) is 30.6 Å². The number of methoxy groups -OCH3 is 1. The van der Waals surface area contributed by atoms with E-state index < -0.39 is 20.2 Å². The van der Waals surface area contributed by atoms with Crippen LogP contribution >= 0.6 is 15.9 Å². The molecule has 190 valence electrons. The van der Waals surface area contributed by atoms with Crippen molar-refractivity contribution in [1.82, 2.24) is 4.90 Å². The zero-order valence-electron chi connectivity index (χ0n) is 20.6. The number of fused-ring (bicyclic) bond motifs is 2. The molecule has 2 aliphatic heterocycles. The van der Waals surface area contributed by atoms with Gasteiger partial charge in [-0.15, -0.1) is 0 Å². The first-order chi connectivity index (χ1) is 16.2. The summed E-state index contributed by atoms with van der Waals surface area (Å²) in [4.78, 5) is 30.0. The van der Waals surface area contributed by atoms with Gasteiger partial charge in [-0.05, 0) is 31.4 Å². The van der Waals surface area contributed by atoms with E-state index in [4.69, 9.17) is 14.2 Å². The molecular weight excluding hydrogens is 520 g/mol. The first-order valence-corrected chi connectivity index (χ1v) is 16.8. The molecule has 0 aliphatic carbocycles. The Hall–Kier alpha value is -1.62. The van der Waals surface area contributed by atoms with Crippen LogP contribution in [-0.4, -0.2) is 81.0 Å². The predicted molar refractivity (Wildman–Crippen MR) is 138 cm³/mol. The number of aliphatic hydroxyl groups is 1. The minimum atomic E-state index is -1.29. The van der Waals surface area contributed by atoms with Crippen LogP contribution in [-0.2, 0) is 9.53 Å². The van der Waals surface area contributed by atoms with Crippen LogP contribution < -0.4 is 14.4 Å². The number of ether oxygens (including phenoxy) is 3. The molecule has 0 unspecified atom stereocenters. The van der Waals surface area contributed by atoms with Crippen LogP contribution in [0.15, 0.2) is 12.1 Å². The highest BCUT2D eigenvalue weighted by Crippen LogP contribution is 2.40. The summed E-state index contributed by atoms with van der Waals surface area (Å²) >= 11 is 3.44. The van der Waals surface area contributed by atoms with Crippen molar-refractivity contribution in [3.05, 3.63) is 17.7 Å². The highest BCUT2D eigenvalue weighted by molar-refractivity contribution is 9.09. The largest absolute Gasteiger partial charge is 0.493 e. The smallest absolute Gasteiger partial charge is 0.256 e. The molecule has 2 amide bonds. The van der Waals surface area contributed by atoms with Gasteiger partial charge in [-0.25, -0.2) is 0 Å². The number of halogens is 1. The van der Waals surface area contributed by atoms with E-state index in [-0.39, 0.29) is 31.5 Å². The number of rotatable bonds is 12. The fourth-order valence-electron chi connectivity index (χ4n) is 4.16. The summed E-state index contributed by atoms with van der Waals surface area (Å²) in [6, 6.07) is 3.62. The van der Waals surface area contributed by atoms with Gasteiger partial charge in [0.15, 0.2) is 11.5 Å². The van der Waals surface area contributed by atoms with Crippen LogP contribution in [0.5, 0.6) is 11.5 Å². The van der Waals surface area contributed by atoms with E-state index in [2.05, 4.69) is 35.6 Å². The number of nitrogens with zero attached hydrogens (tertiary/aromatic N) is 2. The molecule has 1 fully saturated rings. The second-order valence-corrected chi connectivity index (χ2v) is 16.5. The average molecular weight is 558 g/mol. The van der Waals surface area contributed by atoms with Gasteiger partial charge < -0.3 is 24.2 Å². The zero-order valence-corrected chi connectivity index (χ0v) is 23.2. The number of aliphatic hydroxyl groups excluding tert-OH is 1. The minimum Gasteiger partial charge on any atom is -0.493 e. The number of alkyl halides is 1. The Morgan fingerprint density at radius 3 is 2.56 bits per heavy atom. The van der Waals surface area contributed by atoms with E-state index in [9.17, 15) is 14.7 Å². The maximum Gasteiger partial charge on any atom is 0.256 e. The molecule has 34 heavy (non-hydrogen) atoms. The van der Waals surface area contributed by atoms with Gasteiger partial charge in [0, 0.05) is 39.0 Å². The van der Waals surface area contributed by atoms with Gasteiger partial charge in [-0.3, -0.25) is 14.5 Å². The fourth-order valence-corrected chi connectivity index (χ4v) is 5.32. The second kappa shape index (κ2) is 11.9. The molecule has 2 aliphatic rings. The van der Waals surface area contributed by atoms with Crippen molar-refractivity contribution < 1.29 is 28.9 Å². The standard InChI is InChI=1S/C24H37BrN2O6Si/c1-31-21-13-18-19(14-22(21)33-9-7-5-6-8-25)27(16-32-10-11-34(2,3)4)24(30)20-12-17(28)15-26(20)23(18)29/h13-14,17,20,28H,5-12,15-16H2,1-4H3/t17-,20+/m1/s1. The zero-order chi connectivity index (χ0) is 24.9. The Bertz CT molecular complexity index is 878. The third-order valence-corrected chi connectivity index (χ3v) is 8.41. The number of benzene rings is 1. The van der Waals surface area contributed by atoms with Crippen molar-refractivity contribution in [1.29, 1.82) is 0 Å². The molecule has 0 radical (unpaired) electrons. The van der Waals surface area contributed by atoms with Gasteiger partial charge in [0.2, 0.25) is 0 Å². The molecule has 0 aromatic heterocycles. The van der Waals surface area contributed by atoms with Crippen molar-refractivity contribution in [2.45, 2.75) is 63.5 Å². The number of hydrogen-bond donors (Lipinski definition) is 1. The molecule has 0 bridgehead atoms. The Morgan fingerprint density at radius 2 is 1.88 bits per heavy atom. The molecule has 1 N–H and O–H groups in total. The molecular formula is C24H37BrN2O6Si. The summed E-state index contributed by atoms with van der Waals surface area (Å²) in [5, 5.41) is 11.1. The highest BCUT2D eigenvalue weighted by atomic mass is 79.9. The maximum atomic E-state index is 13.5. The summed E-state index contributed by atoms with van der Waals surface area (Å²) in [6.45, 7) is 8.05. The van der Waals surface area contributed by atoms with E-state index in [1.807, 2.05) is 0 Å². The second-order valence-electron chi connectivity index (χ2n) is 10.1. The average Bonchev–Trinajstić information content (AvgIpc) is 3.16. The Labute approximate surface area is 211 Å². The Morgan fingerprint density at radius 1 is 1.12 bits per heavy atom. The van der Waals surface area contributed by atoms with Crippen molar-refractivity contribution >= 4 is 41.5 Å². The number of carbonyl (C=O) groups is 2. The quantitative estimate of drug-likeness (QED) is 0.239. The van der Waals surface area contributed by atoms with Gasteiger partial charge in [-0.1, -0.05) is 35.6 Å². The van der Waals surface area contributed by atoms with Crippen LogP contribution in [0.25, 0.3) is 0 Å². The summed E-state index contributed by atoms with van der Waals surface area (Å²) < 4.78 is 17.5. The summed E-state index contributed by atoms with van der Waals surface area (Å²) in [5.74, 6) is 0.398. The number of amides is 2. The van der Waals surface area contributed by atoms with E-state index in [1.54, 1.807) is 12.1 Å². The summed E-state index contributed by atoms with van der Waals surface area (Å²) in [7, 11) is 0.240. The van der Waals surface area contributed by atoms with E-state index in [0.29, 0.717) is 36.0 Å². The number of hydrogen-bond acceptors (Lipinski definition) is 6. The first-order valence-electron chi connectivity index (χ1n) is 11.9. The van der Waals surface area contributed by atoms with Gasteiger partial charge in [-0.2, -0.15) is 0 Å². The first kappa shape index (κ1) is 27.0. The molecule has 0 saturated carbocycles. The number of anilines is 1. The van der Waals surface area contributed by atoms with Gasteiger partial charge in [0.1, 0.15) is 12.8 Å². The minimum absolute atomic E-state index is 0.0427. The molecule has 10 heteroatoms. The van der Waals surface area contributed by atoms with Gasteiger partial charge in [0.25, 0.3) is 11.8 Å². The molecule has 1 saturated heterocycles. The lowest BCUT2D eigenvalue weighted by Crippen LogP contribution is -2.45. The number of unbranched alkanes of at least 4 members (excludes halogenated alkanes) is 2. The monoisotopic (exact) mass is 556 g/mol. The van der Waals surface area contributed by atoms with E-state index >= 15 is 0 Å². The predicted octanol–water partition coefficient (Wildman–Crippen LogP) is 3.87. The molecule has 1 aromatic carbocycles. The van der Waals surface area contributed by atoms with Crippen LogP contribution in [0.4, 0.5) is 5.69 Å². The SMILES string of the molecule is COc1cc2c(cc1OCCCCCBr)N(COCC[Si](C)(C)C)C(=O)[C@@H]1C[C@@H](O)CN1C2=O. The molecule has 2 atom stereocenters. The van der Waals surface area contributed by atoms with Gasteiger partial charge in [0.05, 0.1) is 31.1 Å². The van der Waals surface area contributed by atoms with Crippen molar-refractivity contribution in [3.63, 3.8) is 0 Å². The third-order valence-electron chi connectivity index (χ3n) is 6.15. The topological polar surface area (TPSA) is 88.5 Å². The molecule has 3 rings (SSSR count). The molecule has 1 aromatic rings. The normalized spacial score (nSPS) is 20.3. The lowest BCUT2D eigenvalue weighted by Gasteiger charge is -2.26. The Balaban J connectivity index is 1.91. The summed E-state index contributed by atoms with van der Waals surface area (Å²) in [6.07, 6.45) is 2.49. The van der Waals surface area contributed by atoms with Crippen LogP contribution in [0, 0.1) is 0 Å². The van der Waals surface area contributed by atoms with Gasteiger partial charge >= 0.3 is 0 Å². The third kappa shape index (κ3) is 6.53. The maximum absolute atomic E-state index is 13.5. The van der Waals surface area contributed by atoms with Crippen molar-refractivity contribution in [3.8, 4) is 11.5 Å².